The lowest BCUT2D eigenvalue weighted by Crippen LogP contribution is -2.50. The highest BCUT2D eigenvalue weighted by atomic mass is 16.2. The van der Waals surface area contributed by atoms with Crippen molar-refractivity contribution in [3.8, 4) is 5.69 Å². The van der Waals surface area contributed by atoms with Crippen molar-refractivity contribution in [3.05, 3.63) is 48.8 Å². The Morgan fingerprint density at radius 1 is 1.48 bits per heavy atom. The summed E-state index contributed by atoms with van der Waals surface area (Å²) in [6.45, 7) is 10.2. The summed E-state index contributed by atoms with van der Waals surface area (Å²) in [5.41, 5.74) is 1.92. The molecule has 1 N–H and O–H groups in total. The molecule has 1 saturated heterocycles. The first-order valence-corrected chi connectivity index (χ1v) is 8.57. The van der Waals surface area contributed by atoms with Crippen LogP contribution in [0.15, 0.2) is 43.2 Å². The quantitative estimate of drug-likeness (QED) is 0.775. The van der Waals surface area contributed by atoms with Crippen LogP contribution in [0.1, 0.15) is 25.5 Å². The standard InChI is InChI=1S/C18H24N6O/c1-4-8-23(18(25)13(2)16-10-19-11-16)14(3)15-6-5-7-17(9-15)24-12-20-21-22-24/h4-7,9,12-14,16,19H,1,8,10-11H2,2-3H3. The number of benzene rings is 1. The van der Waals surface area contributed by atoms with E-state index in [9.17, 15) is 4.79 Å². The molecule has 1 aromatic heterocycles. The molecule has 1 aliphatic rings. The summed E-state index contributed by atoms with van der Waals surface area (Å²) >= 11 is 0. The zero-order valence-electron chi connectivity index (χ0n) is 14.7. The second kappa shape index (κ2) is 7.57. The van der Waals surface area contributed by atoms with Gasteiger partial charge in [-0.2, -0.15) is 0 Å². The highest BCUT2D eigenvalue weighted by molar-refractivity contribution is 5.79. The minimum atomic E-state index is -0.0579. The van der Waals surface area contributed by atoms with Crippen LogP contribution >= 0.6 is 0 Å². The number of tetrazole rings is 1. The average Bonchev–Trinajstić information content (AvgIpc) is 3.11. The number of nitrogens with one attached hydrogen (secondary N) is 1. The van der Waals surface area contributed by atoms with Gasteiger partial charge in [0.1, 0.15) is 6.33 Å². The van der Waals surface area contributed by atoms with Gasteiger partial charge in [-0.15, -0.1) is 11.7 Å². The first-order valence-electron chi connectivity index (χ1n) is 8.57. The van der Waals surface area contributed by atoms with Gasteiger partial charge < -0.3 is 10.2 Å². The highest BCUT2D eigenvalue weighted by Gasteiger charge is 2.33. The van der Waals surface area contributed by atoms with Crippen molar-refractivity contribution in [1.29, 1.82) is 0 Å². The zero-order valence-corrected chi connectivity index (χ0v) is 14.7. The topological polar surface area (TPSA) is 75.9 Å². The van der Waals surface area contributed by atoms with Crippen LogP contribution in [-0.4, -0.2) is 50.6 Å². The molecule has 0 radical (unpaired) electrons. The fraction of sp³-hybridized carbons (Fsp3) is 0.444. The minimum Gasteiger partial charge on any atom is -0.332 e. The summed E-state index contributed by atoms with van der Waals surface area (Å²) in [6.07, 6.45) is 3.34. The third-order valence-electron chi connectivity index (χ3n) is 4.95. The summed E-state index contributed by atoms with van der Waals surface area (Å²) in [5.74, 6) is 0.595. The molecular weight excluding hydrogens is 316 g/mol. The van der Waals surface area contributed by atoms with E-state index in [1.165, 1.54) is 0 Å². The van der Waals surface area contributed by atoms with Crippen molar-refractivity contribution in [2.24, 2.45) is 11.8 Å². The monoisotopic (exact) mass is 340 g/mol. The molecule has 2 atom stereocenters. The molecule has 1 fully saturated rings. The Bertz CT molecular complexity index is 725. The Kier molecular flexibility index (Phi) is 5.23. The number of hydrogen-bond donors (Lipinski definition) is 1. The maximum Gasteiger partial charge on any atom is 0.226 e. The van der Waals surface area contributed by atoms with Crippen molar-refractivity contribution in [2.75, 3.05) is 19.6 Å². The van der Waals surface area contributed by atoms with E-state index in [0.717, 1.165) is 24.3 Å². The number of carbonyl (C=O) groups is 1. The molecule has 1 amide bonds. The minimum absolute atomic E-state index is 0.00588. The normalized spacial score (nSPS) is 16.7. The van der Waals surface area contributed by atoms with Crippen LogP contribution < -0.4 is 5.32 Å². The smallest absolute Gasteiger partial charge is 0.226 e. The Labute approximate surface area is 147 Å². The lowest BCUT2D eigenvalue weighted by molar-refractivity contribution is -0.139. The highest BCUT2D eigenvalue weighted by Crippen LogP contribution is 2.26. The molecule has 1 aromatic carbocycles. The van der Waals surface area contributed by atoms with Gasteiger partial charge in [-0.1, -0.05) is 25.1 Å². The number of hydrogen-bond acceptors (Lipinski definition) is 5. The molecule has 132 valence electrons. The van der Waals surface area contributed by atoms with Crippen LogP contribution in [0.4, 0.5) is 0 Å². The molecule has 0 saturated carbocycles. The third kappa shape index (κ3) is 3.61. The first kappa shape index (κ1) is 17.3. The summed E-state index contributed by atoms with van der Waals surface area (Å²) in [7, 11) is 0. The van der Waals surface area contributed by atoms with Gasteiger partial charge in [0.2, 0.25) is 5.91 Å². The number of aromatic nitrogens is 4. The first-order chi connectivity index (χ1) is 12.1. The zero-order chi connectivity index (χ0) is 17.8. The van der Waals surface area contributed by atoms with E-state index in [2.05, 4.69) is 27.4 Å². The molecule has 0 aliphatic carbocycles. The predicted molar refractivity (Wildman–Crippen MR) is 95.0 cm³/mol. The van der Waals surface area contributed by atoms with Crippen molar-refractivity contribution < 1.29 is 4.79 Å². The van der Waals surface area contributed by atoms with Gasteiger partial charge in [-0.05, 0) is 54.1 Å². The van der Waals surface area contributed by atoms with E-state index in [1.54, 1.807) is 17.1 Å². The van der Waals surface area contributed by atoms with E-state index >= 15 is 0 Å². The number of rotatable bonds is 7. The van der Waals surface area contributed by atoms with E-state index in [0.29, 0.717) is 12.5 Å². The predicted octanol–water partition coefficient (Wildman–Crippen LogP) is 1.59. The van der Waals surface area contributed by atoms with Crippen LogP contribution in [0.25, 0.3) is 5.69 Å². The number of carbonyl (C=O) groups excluding carboxylic acids is 1. The second-order valence-electron chi connectivity index (χ2n) is 6.51. The third-order valence-corrected chi connectivity index (χ3v) is 4.95. The summed E-state index contributed by atoms with van der Waals surface area (Å²) in [4.78, 5) is 14.9. The van der Waals surface area contributed by atoms with Gasteiger partial charge >= 0.3 is 0 Å². The maximum atomic E-state index is 13.0. The molecule has 1 aliphatic heterocycles. The molecule has 2 unspecified atom stereocenters. The second-order valence-corrected chi connectivity index (χ2v) is 6.51. The van der Waals surface area contributed by atoms with E-state index in [1.807, 2.05) is 43.0 Å². The molecule has 25 heavy (non-hydrogen) atoms. The van der Waals surface area contributed by atoms with Crippen LogP contribution in [-0.2, 0) is 4.79 Å². The largest absolute Gasteiger partial charge is 0.332 e. The molecule has 3 rings (SSSR count). The van der Waals surface area contributed by atoms with Gasteiger partial charge in [0.25, 0.3) is 0 Å². The van der Waals surface area contributed by atoms with Crippen LogP contribution in [0.3, 0.4) is 0 Å². The van der Waals surface area contributed by atoms with Crippen molar-refractivity contribution in [1.82, 2.24) is 30.4 Å². The van der Waals surface area contributed by atoms with Crippen LogP contribution in [0, 0.1) is 11.8 Å². The van der Waals surface area contributed by atoms with Gasteiger partial charge in [0.15, 0.2) is 0 Å². The Hall–Kier alpha value is -2.54. The van der Waals surface area contributed by atoms with Crippen molar-refractivity contribution in [3.63, 3.8) is 0 Å². The fourth-order valence-electron chi connectivity index (χ4n) is 3.09. The van der Waals surface area contributed by atoms with Gasteiger partial charge in [0, 0.05) is 12.5 Å². The Morgan fingerprint density at radius 3 is 2.88 bits per heavy atom. The van der Waals surface area contributed by atoms with Crippen LogP contribution in [0.2, 0.25) is 0 Å². The van der Waals surface area contributed by atoms with E-state index in [4.69, 9.17) is 0 Å². The van der Waals surface area contributed by atoms with Crippen molar-refractivity contribution in [2.45, 2.75) is 19.9 Å². The number of nitrogens with zero attached hydrogens (tertiary/aromatic N) is 5. The SMILES string of the molecule is C=CCN(C(=O)C(C)C1CNC1)C(C)c1cccc(-n2cnnn2)c1. The van der Waals surface area contributed by atoms with E-state index in [-0.39, 0.29) is 17.9 Å². The van der Waals surface area contributed by atoms with Gasteiger partial charge in [0.05, 0.1) is 11.7 Å². The summed E-state index contributed by atoms with van der Waals surface area (Å²) in [6, 6.07) is 7.88. The molecule has 0 bridgehead atoms. The molecular formula is C18H24N6O. The molecule has 2 aromatic rings. The van der Waals surface area contributed by atoms with Gasteiger partial charge in [-0.3, -0.25) is 4.79 Å². The fourth-order valence-corrected chi connectivity index (χ4v) is 3.09. The summed E-state index contributed by atoms with van der Waals surface area (Å²) < 4.78 is 1.61. The molecule has 2 heterocycles. The number of amides is 1. The summed E-state index contributed by atoms with van der Waals surface area (Å²) in [5, 5.41) is 14.5. The Morgan fingerprint density at radius 2 is 2.28 bits per heavy atom. The van der Waals surface area contributed by atoms with Gasteiger partial charge in [-0.25, -0.2) is 4.68 Å². The molecule has 0 spiro atoms. The lowest BCUT2D eigenvalue weighted by Gasteiger charge is -2.37. The van der Waals surface area contributed by atoms with E-state index < -0.39 is 0 Å². The van der Waals surface area contributed by atoms with Crippen molar-refractivity contribution >= 4 is 5.91 Å². The molecule has 7 heteroatoms. The Balaban J connectivity index is 1.82. The maximum absolute atomic E-state index is 13.0. The average molecular weight is 340 g/mol. The molecule has 7 nitrogen and oxygen atoms in total. The van der Waals surface area contributed by atoms with Crippen LogP contribution in [0.5, 0.6) is 0 Å². The lowest BCUT2D eigenvalue weighted by atomic mass is 9.87.